The maximum atomic E-state index is 11.4. The van der Waals surface area contributed by atoms with Gasteiger partial charge >= 0.3 is 0 Å². The molecule has 8 heteroatoms. The Morgan fingerprint density at radius 2 is 1.73 bits per heavy atom. The average molecular weight is 303 g/mol. The van der Waals surface area contributed by atoms with Crippen molar-refractivity contribution in [2.24, 2.45) is 27.2 Å². The molecule has 1 aromatic rings. The monoisotopic (exact) mass is 303 g/mol. The molecule has 6 N–H and O–H groups in total. The van der Waals surface area contributed by atoms with Crippen LogP contribution in [0.2, 0.25) is 0 Å². The molecule has 0 atom stereocenters. The summed E-state index contributed by atoms with van der Waals surface area (Å²) in [5.41, 5.74) is 17.9. The number of carbonyl (C=O) groups excluding carboxylic acids is 1. The zero-order valence-electron chi connectivity index (χ0n) is 12.6. The van der Waals surface area contributed by atoms with Gasteiger partial charge < -0.3 is 27.0 Å². The first-order valence-corrected chi connectivity index (χ1v) is 7.00. The van der Waals surface area contributed by atoms with Crippen LogP contribution in [0, 0.1) is 0 Å². The van der Waals surface area contributed by atoms with Gasteiger partial charge in [0.15, 0.2) is 5.96 Å². The molecule has 0 unspecified atom stereocenters. The summed E-state index contributed by atoms with van der Waals surface area (Å²) in [5.74, 6) is -0.0217. The molecule has 118 valence electrons. The lowest BCUT2D eigenvalue weighted by atomic mass is 10.2. The summed E-state index contributed by atoms with van der Waals surface area (Å²) >= 11 is 0. The van der Waals surface area contributed by atoms with Crippen molar-refractivity contribution in [1.29, 1.82) is 0 Å². The number of rotatable bonds is 2. The van der Waals surface area contributed by atoms with Crippen LogP contribution in [0.15, 0.2) is 34.3 Å². The lowest BCUT2D eigenvalue weighted by molar-refractivity contribution is -0.129. The Morgan fingerprint density at radius 3 is 2.32 bits per heavy atom. The van der Waals surface area contributed by atoms with Crippen molar-refractivity contribution in [2.75, 3.05) is 31.1 Å². The number of anilines is 1. The Bertz CT molecular complexity index is 599. The Hall–Kier alpha value is -2.77. The second-order valence-corrected chi connectivity index (χ2v) is 4.99. The van der Waals surface area contributed by atoms with E-state index in [1.54, 1.807) is 6.92 Å². The molecule has 1 fully saturated rings. The molecule has 0 radical (unpaired) electrons. The van der Waals surface area contributed by atoms with Crippen molar-refractivity contribution in [1.82, 2.24) is 4.90 Å². The van der Waals surface area contributed by atoms with E-state index in [4.69, 9.17) is 17.2 Å². The molecule has 8 nitrogen and oxygen atoms in total. The summed E-state index contributed by atoms with van der Waals surface area (Å²) < 4.78 is 0. The van der Waals surface area contributed by atoms with Crippen LogP contribution in [-0.4, -0.2) is 48.9 Å². The number of nitrogens with two attached hydrogens (primary N) is 3. The third-order valence-electron chi connectivity index (χ3n) is 3.43. The normalized spacial score (nSPS) is 15.6. The molecule has 22 heavy (non-hydrogen) atoms. The van der Waals surface area contributed by atoms with Crippen LogP contribution in [0.4, 0.5) is 11.4 Å². The van der Waals surface area contributed by atoms with Gasteiger partial charge in [0.05, 0.1) is 11.4 Å². The maximum absolute atomic E-state index is 11.4. The van der Waals surface area contributed by atoms with Crippen LogP contribution in [0.1, 0.15) is 6.92 Å². The molecule has 0 aliphatic carbocycles. The fourth-order valence-corrected chi connectivity index (χ4v) is 2.37. The van der Waals surface area contributed by atoms with Gasteiger partial charge in [0.25, 0.3) is 0 Å². The van der Waals surface area contributed by atoms with E-state index in [0.717, 1.165) is 18.8 Å². The topological polar surface area (TPSA) is 126 Å². The fraction of sp³-hybridized carbons (Fsp3) is 0.357. The Balaban J connectivity index is 2.19. The summed E-state index contributed by atoms with van der Waals surface area (Å²) in [5, 5.41) is 0. The number of hydrogen-bond acceptors (Lipinski definition) is 3. The van der Waals surface area contributed by atoms with Gasteiger partial charge in [-0.2, -0.15) is 4.99 Å². The second-order valence-electron chi connectivity index (χ2n) is 4.99. The minimum absolute atomic E-state index is 0.00909. The molecule has 1 heterocycles. The molecule has 2 rings (SSSR count). The van der Waals surface area contributed by atoms with Crippen molar-refractivity contribution in [3.63, 3.8) is 0 Å². The van der Waals surface area contributed by atoms with Crippen molar-refractivity contribution in [3.05, 3.63) is 24.3 Å². The van der Waals surface area contributed by atoms with Crippen molar-refractivity contribution in [3.8, 4) is 0 Å². The third kappa shape index (κ3) is 3.87. The first kappa shape index (κ1) is 15.6. The van der Waals surface area contributed by atoms with Gasteiger partial charge in [-0.15, -0.1) is 0 Å². The van der Waals surface area contributed by atoms with E-state index in [2.05, 4.69) is 14.9 Å². The molecule has 0 spiro atoms. The number of nitrogens with zero attached hydrogens (tertiary/aromatic N) is 4. The van der Waals surface area contributed by atoms with Crippen LogP contribution < -0.4 is 22.1 Å². The average Bonchev–Trinajstić information content (AvgIpc) is 2.47. The van der Waals surface area contributed by atoms with Gasteiger partial charge in [-0.25, -0.2) is 4.99 Å². The number of piperazine rings is 1. The van der Waals surface area contributed by atoms with Crippen LogP contribution in [0.3, 0.4) is 0 Å². The highest BCUT2D eigenvalue weighted by molar-refractivity contribution is 5.94. The van der Waals surface area contributed by atoms with Crippen molar-refractivity contribution in [2.45, 2.75) is 6.92 Å². The zero-order valence-corrected chi connectivity index (χ0v) is 12.6. The van der Waals surface area contributed by atoms with E-state index in [-0.39, 0.29) is 17.8 Å². The lowest BCUT2D eigenvalue weighted by Crippen LogP contribution is -2.48. The highest BCUT2D eigenvalue weighted by Gasteiger charge is 2.20. The summed E-state index contributed by atoms with van der Waals surface area (Å²) in [4.78, 5) is 23.4. The SMILES string of the molecule is CC(=O)N1CCN(c2ccccc2N=C(N)N=C(N)N)CC1. The molecule has 1 aliphatic rings. The second kappa shape index (κ2) is 6.79. The number of carbonyl (C=O) groups is 1. The molecule has 0 bridgehead atoms. The van der Waals surface area contributed by atoms with Crippen LogP contribution in [0.25, 0.3) is 0 Å². The summed E-state index contributed by atoms with van der Waals surface area (Å²) in [6.07, 6.45) is 0. The standard InChI is InChI=1S/C14H21N7O/c1-10(22)20-6-8-21(9-7-20)12-5-3-2-4-11(12)18-14(17)19-13(15)16/h2-5H,6-9H2,1H3,(H6,15,16,17,18,19). The van der Waals surface area contributed by atoms with E-state index in [9.17, 15) is 4.79 Å². The molecule has 0 saturated carbocycles. The van der Waals surface area contributed by atoms with Gasteiger partial charge in [-0.3, -0.25) is 4.79 Å². The first-order valence-electron chi connectivity index (χ1n) is 7.00. The van der Waals surface area contributed by atoms with Crippen molar-refractivity contribution < 1.29 is 4.79 Å². The lowest BCUT2D eigenvalue weighted by Gasteiger charge is -2.36. The van der Waals surface area contributed by atoms with Gasteiger partial charge in [0, 0.05) is 33.1 Å². The van der Waals surface area contributed by atoms with Crippen LogP contribution in [-0.2, 0) is 4.79 Å². The summed E-state index contributed by atoms with van der Waals surface area (Å²) in [6.45, 7) is 4.46. The maximum Gasteiger partial charge on any atom is 0.223 e. The minimum atomic E-state index is -0.131. The third-order valence-corrected chi connectivity index (χ3v) is 3.43. The minimum Gasteiger partial charge on any atom is -0.370 e. The number of aliphatic imine (C=N–C) groups is 2. The number of guanidine groups is 2. The predicted octanol–water partition coefficient (Wildman–Crippen LogP) is -0.425. The van der Waals surface area contributed by atoms with Gasteiger partial charge in [0.2, 0.25) is 11.9 Å². The van der Waals surface area contributed by atoms with E-state index in [1.165, 1.54) is 0 Å². The molecule has 1 amide bonds. The van der Waals surface area contributed by atoms with E-state index in [1.807, 2.05) is 29.2 Å². The Labute approximate surface area is 129 Å². The summed E-state index contributed by atoms with van der Waals surface area (Å²) in [6, 6.07) is 7.62. The fourth-order valence-electron chi connectivity index (χ4n) is 2.37. The van der Waals surface area contributed by atoms with Gasteiger partial charge in [0.1, 0.15) is 0 Å². The number of para-hydroxylation sites is 2. The molecule has 1 saturated heterocycles. The molecular weight excluding hydrogens is 282 g/mol. The van der Waals surface area contributed by atoms with E-state index in [0.29, 0.717) is 18.8 Å². The Morgan fingerprint density at radius 1 is 1.09 bits per heavy atom. The predicted molar refractivity (Wildman–Crippen MR) is 88.0 cm³/mol. The Kier molecular flexibility index (Phi) is 4.82. The first-order chi connectivity index (χ1) is 10.5. The number of benzene rings is 1. The summed E-state index contributed by atoms with van der Waals surface area (Å²) in [7, 11) is 0. The van der Waals surface area contributed by atoms with E-state index >= 15 is 0 Å². The molecule has 1 aromatic carbocycles. The highest BCUT2D eigenvalue weighted by Crippen LogP contribution is 2.29. The van der Waals surface area contributed by atoms with Gasteiger partial charge in [-0.05, 0) is 12.1 Å². The quantitative estimate of drug-likeness (QED) is 0.505. The largest absolute Gasteiger partial charge is 0.370 e. The van der Waals surface area contributed by atoms with Crippen molar-refractivity contribution >= 4 is 29.2 Å². The molecule has 1 aliphatic heterocycles. The van der Waals surface area contributed by atoms with Crippen LogP contribution >= 0.6 is 0 Å². The highest BCUT2D eigenvalue weighted by atomic mass is 16.2. The number of hydrogen-bond donors (Lipinski definition) is 3. The number of amides is 1. The van der Waals surface area contributed by atoms with Crippen LogP contribution in [0.5, 0.6) is 0 Å². The van der Waals surface area contributed by atoms with E-state index < -0.39 is 0 Å². The molecular formula is C14H21N7O. The smallest absolute Gasteiger partial charge is 0.223 e. The van der Waals surface area contributed by atoms with Gasteiger partial charge in [-0.1, -0.05) is 12.1 Å². The molecule has 0 aromatic heterocycles. The zero-order chi connectivity index (χ0) is 16.1.